The molecule has 0 spiro atoms. The summed E-state index contributed by atoms with van der Waals surface area (Å²) in [7, 11) is 1.25. The topological polar surface area (TPSA) is 78.5 Å². The summed E-state index contributed by atoms with van der Waals surface area (Å²) in [6.07, 6.45) is 1.19. The molecule has 0 amide bonds. The first-order valence-electron chi connectivity index (χ1n) is 4.62. The molecule has 6 heteroatoms. The molecule has 0 aromatic rings. The number of allylic oxidation sites excluding steroid dienone is 1. The van der Waals surface area contributed by atoms with Crippen LogP contribution in [0.4, 0.5) is 0 Å². The fraction of sp³-hybridized carbons (Fsp3) is 0.600. The zero-order chi connectivity index (χ0) is 12.0. The molecule has 0 saturated carbocycles. The fourth-order valence-corrected chi connectivity index (χ4v) is 1.02. The Balaban J connectivity index is 0. The third-order valence-electron chi connectivity index (χ3n) is 1.84. The summed E-state index contributed by atoms with van der Waals surface area (Å²) in [5, 5.41) is 13.4. The SMILES string of the molecule is COC(=O)C=C(C)N[C@H](C(=O)[O-])C(C)C.[K+]. The second-order valence-electron chi connectivity index (χ2n) is 3.54. The van der Waals surface area contributed by atoms with Crippen molar-refractivity contribution in [3.8, 4) is 0 Å². The van der Waals surface area contributed by atoms with Crippen LogP contribution >= 0.6 is 0 Å². The Labute approximate surface area is 138 Å². The van der Waals surface area contributed by atoms with Crippen LogP contribution in [0.1, 0.15) is 20.8 Å². The second-order valence-corrected chi connectivity index (χ2v) is 3.54. The maximum atomic E-state index is 10.8. The third kappa shape index (κ3) is 7.40. The zero-order valence-electron chi connectivity index (χ0n) is 10.4. The summed E-state index contributed by atoms with van der Waals surface area (Å²) in [6, 6.07) is -0.814. The van der Waals surface area contributed by atoms with Gasteiger partial charge >= 0.3 is 57.4 Å². The second kappa shape index (κ2) is 9.18. The number of hydrogen-bond acceptors (Lipinski definition) is 5. The maximum Gasteiger partial charge on any atom is 1.00 e. The van der Waals surface area contributed by atoms with Crippen molar-refractivity contribution in [1.82, 2.24) is 5.32 Å². The van der Waals surface area contributed by atoms with Crippen LogP contribution in [-0.4, -0.2) is 25.1 Å². The van der Waals surface area contributed by atoms with Crippen molar-refractivity contribution in [2.24, 2.45) is 5.92 Å². The summed E-state index contributed by atoms with van der Waals surface area (Å²) < 4.78 is 4.41. The predicted molar refractivity (Wildman–Crippen MR) is 52.5 cm³/mol. The van der Waals surface area contributed by atoms with Crippen LogP contribution in [0.25, 0.3) is 0 Å². The molecule has 5 nitrogen and oxygen atoms in total. The smallest absolute Gasteiger partial charge is 0.548 e. The van der Waals surface area contributed by atoms with Crippen LogP contribution in [0.2, 0.25) is 0 Å². The van der Waals surface area contributed by atoms with Crippen molar-refractivity contribution in [2.45, 2.75) is 26.8 Å². The number of carboxylic acid groups (broad SMARTS) is 1. The molecule has 0 heterocycles. The maximum absolute atomic E-state index is 10.8. The fourth-order valence-electron chi connectivity index (χ4n) is 1.02. The number of carbonyl (C=O) groups is 2. The number of carbonyl (C=O) groups excluding carboxylic acids is 2. The molecule has 0 unspecified atom stereocenters. The Morgan fingerprint density at radius 1 is 1.38 bits per heavy atom. The Bertz CT molecular complexity index is 276. The third-order valence-corrected chi connectivity index (χ3v) is 1.84. The summed E-state index contributed by atoms with van der Waals surface area (Å²) in [6.45, 7) is 5.09. The average Bonchev–Trinajstić information content (AvgIpc) is 2.12. The molecule has 0 aliphatic rings. The number of carboxylic acids is 1. The van der Waals surface area contributed by atoms with Crippen molar-refractivity contribution < 1.29 is 70.8 Å². The molecule has 0 saturated heterocycles. The van der Waals surface area contributed by atoms with Gasteiger partial charge in [0.25, 0.3) is 0 Å². The first kappa shape index (κ1) is 18.5. The number of rotatable bonds is 5. The Morgan fingerprint density at radius 2 is 1.88 bits per heavy atom. The quantitative estimate of drug-likeness (QED) is 0.311. The Hall–Kier alpha value is 0.116. The molecular formula is C10H16KNO4. The zero-order valence-corrected chi connectivity index (χ0v) is 13.5. The van der Waals surface area contributed by atoms with Crippen molar-refractivity contribution >= 4 is 11.9 Å². The minimum absolute atomic E-state index is 0. The van der Waals surface area contributed by atoms with Crippen molar-refractivity contribution in [1.29, 1.82) is 0 Å². The molecule has 0 aliphatic carbocycles. The minimum atomic E-state index is -1.19. The van der Waals surface area contributed by atoms with Gasteiger partial charge in [0.2, 0.25) is 0 Å². The van der Waals surface area contributed by atoms with Gasteiger partial charge in [0.1, 0.15) is 0 Å². The molecule has 1 N–H and O–H groups in total. The van der Waals surface area contributed by atoms with E-state index in [4.69, 9.17) is 0 Å². The van der Waals surface area contributed by atoms with E-state index >= 15 is 0 Å². The summed E-state index contributed by atoms with van der Waals surface area (Å²) >= 11 is 0. The van der Waals surface area contributed by atoms with Gasteiger partial charge in [-0.15, -0.1) is 0 Å². The van der Waals surface area contributed by atoms with E-state index in [0.717, 1.165) is 0 Å². The normalized spacial score (nSPS) is 12.7. The molecule has 86 valence electrons. The van der Waals surface area contributed by atoms with E-state index in [0.29, 0.717) is 5.70 Å². The van der Waals surface area contributed by atoms with E-state index in [2.05, 4.69) is 10.1 Å². The molecule has 0 fully saturated rings. The van der Waals surface area contributed by atoms with Gasteiger partial charge in [0.05, 0.1) is 19.1 Å². The van der Waals surface area contributed by atoms with Crippen LogP contribution in [-0.2, 0) is 14.3 Å². The van der Waals surface area contributed by atoms with Crippen molar-refractivity contribution in [3.63, 3.8) is 0 Å². The molecule has 0 radical (unpaired) electrons. The number of ether oxygens (including phenoxy) is 1. The largest absolute Gasteiger partial charge is 1.00 e. The minimum Gasteiger partial charge on any atom is -0.548 e. The molecular weight excluding hydrogens is 237 g/mol. The first-order valence-corrected chi connectivity index (χ1v) is 4.62. The number of aliphatic carboxylic acids is 1. The van der Waals surface area contributed by atoms with Gasteiger partial charge < -0.3 is 20.0 Å². The van der Waals surface area contributed by atoms with E-state index in [1.165, 1.54) is 13.2 Å². The van der Waals surface area contributed by atoms with E-state index in [9.17, 15) is 14.7 Å². The number of hydrogen-bond donors (Lipinski definition) is 1. The van der Waals surface area contributed by atoms with Crippen LogP contribution in [0.3, 0.4) is 0 Å². The molecule has 0 aromatic heterocycles. The van der Waals surface area contributed by atoms with E-state index in [-0.39, 0.29) is 57.3 Å². The van der Waals surface area contributed by atoms with Crippen LogP contribution in [0.15, 0.2) is 11.8 Å². The number of esters is 1. The molecule has 0 aromatic carbocycles. The predicted octanol–water partition coefficient (Wildman–Crippen LogP) is -3.57. The van der Waals surface area contributed by atoms with Gasteiger partial charge in [0, 0.05) is 11.8 Å². The van der Waals surface area contributed by atoms with Crippen LogP contribution in [0, 0.1) is 5.92 Å². The van der Waals surface area contributed by atoms with Crippen molar-refractivity contribution in [2.75, 3.05) is 7.11 Å². The van der Waals surface area contributed by atoms with E-state index in [1.54, 1.807) is 20.8 Å². The van der Waals surface area contributed by atoms with Gasteiger partial charge in [-0.1, -0.05) is 13.8 Å². The molecule has 16 heavy (non-hydrogen) atoms. The number of nitrogens with one attached hydrogen (secondary N) is 1. The first-order chi connectivity index (χ1) is 6.88. The molecule has 1 atom stereocenters. The Morgan fingerprint density at radius 3 is 2.19 bits per heavy atom. The van der Waals surface area contributed by atoms with Gasteiger partial charge in [-0.25, -0.2) is 4.79 Å². The van der Waals surface area contributed by atoms with E-state index < -0.39 is 18.0 Å². The average molecular weight is 253 g/mol. The van der Waals surface area contributed by atoms with Gasteiger partial charge in [-0.05, 0) is 12.8 Å². The summed E-state index contributed by atoms with van der Waals surface area (Å²) in [5.41, 5.74) is 0.435. The molecule has 0 bridgehead atoms. The standard InChI is InChI=1S/C10H17NO4.K/c1-6(2)9(10(13)14)11-7(3)5-8(12)15-4;/h5-6,9,11H,1-4H3,(H,13,14);/q;+1/p-1/t9-;/m0./s1. The van der Waals surface area contributed by atoms with Crippen molar-refractivity contribution in [3.05, 3.63) is 11.8 Å². The monoisotopic (exact) mass is 253 g/mol. The van der Waals surface area contributed by atoms with Crippen LogP contribution in [0.5, 0.6) is 0 Å². The van der Waals surface area contributed by atoms with Gasteiger partial charge in [0.15, 0.2) is 0 Å². The Kier molecular flexibility index (Phi) is 10.6. The summed E-state index contributed by atoms with van der Waals surface area (Å²) in [4.78, 5) is 21.6. The van der Waals surface area contributed by atoms with Crippen LogP contribution < -0.4 is 61.8 Å². The van der Waals surface area contributed by atoms with E-state index in [1.807, 2.05) is 0 Å². The molecule has 0 rings (SSSR count). The summed E-state index contributed by atoms with van der Waals surface area (Å²) in [5.74, 6) is -1.85. The van der Waals surface area contributed by atoms with Gasteiger partial charge in [-0.3, -0.25) is 0 Å². The number of methoxy groups -OCH3 is 1. The van der Waals surface area contributed by atoms with Gasteiger partial charge in [-0.2, -0.15) is 0 Å². The molecule has 0 aliphatic heterocycles.